The van der Waals surface area contributed by atoms with Crippen LogP contribution in [-0.4, -0.2) is 16.0 Å². The fourth-order valence-electron chi connectivity index (χ4n) is 4.43. The first-order valence-electron chi connectivity index (χ1n) is 10.7. The number of carbonyl (C=O) groups is 1. The van der Waals surface area contributed by atoms with Crippen molar-refractivity contribution in [3.63, 3.8) is 0 Å². The molecule has 164 valence electrons. The molecule has 7 nitrogen and oxygen atoms in total. The largest absolute Gasteiger partial charge is 0.439 e. The van der Waals surface area contributed by atoms with E-state index in [1.54, 1.807) is 12.1 Å². The Bertz CT molecular complexity index is 1390. The molecule has 5 rings (SSSR count). The summed E-state index contributed by atoms with van der Waals surface area (Å²) in [7, 11) is 0. The van der Waals surface area contributed by atoms with Crippen LogP contribution in [0.1, 0.15) is 53.8 Å². The standard InChI is InChI=1S/C24H24N4O3S/c1-24(2,3)14-9-10-17-13(11-14)12-16-18(25)21(32-22(16)26-17)20(29)19-23(30)31-27-28(19)15-7-5-4-6-8-15/h4-8,12,14H,9-11H2,1-3H3,(H2-,25,27,29,30)/p+1. The lowest BCUT2D eigenvalue weighted by atomic mass is 9.71. The number of nitrogen functional groups attached to an aromatic ring is 1. The van der Waals surface area contributed by atoms with Gasteiger partial charge in [0.1, 0.15) is 9.71 Å². The number of para-hydroxylation sites is 1. The Morgan fingerprint density at radius 1 is 1.28 bits per heavy atom. The number of carbonyl (C=O) groups excluding carboxylic acids is 1. The average Bonchev–Trinajstić information content (AvgIpc) is 3.31. The number of aromatic nitrogens is 3. The lowest BCUT2D eigenvalue weighted by Crippen LogP contribution is -2.41. The van der Waals surface area contributed by atoms with Crippen LogP contribution in [0.15, 0.2) is 45.7 Å². The minimum atomic E-state index is -0.740. The number of H-pyrrole nitrogens is 1. The highest BCUT2D eigenvalue weighted by Gasteiger charge is 2.35. The van der Waals surface area contributed by atoms with Crippen LogP contribution in [0.4, 0.5) is 5.69 Å². The van der Waals surface area contributed by atoms with Gasteiger partial charge in [-0.2, -0.15) is 0 Å². The Kier molecular flexibility index (Phi) is 4.78. The van der Waals surface area contributed by atoms with Gasteiger partial charge in [-0.15, -0.1) is 11.3 Å². The number of ketones is 1. The number of aryl methyl sites for hydroxylation is 1. The Labute approximate surface area is 188 Å². The zero-order valence-electron chi connectivity index (χ0n) is 18.3. The lowest BCUT2D eigenvalue weighted by molar-refractivity contribution is -0.672. The number of hydrogen-bond donors (Lipinski definition) is 2. The first kappa shape index (κ1) is 20.6. The van der Waals surface area contributed by atoms with Gasteiger partial charge in [-0.3, -0.25) is 9.32 Å². The second-order valence-electron chi connectivity index (χ2n) is 9.43. The number of fused-ring (bicyclic) bond motifs is 2. The van der Waals surface area contributed by atoms with Crippen molar-refractivity contribution < 1.29 is 14.0 Å². The summed E-state index contributed by atoms with van der Waals surface area (Å²) in [4.78, 5) is 31.7. The second kappa shape index (κ2) is 7.41. The molecule has 1 unspecified atom stereocenters. The monoisotopic (exact) mass is 449 g/mol. The second-order valence-corrected chi connectivity index (χ2v) is 10.4. The van der Waals surface area contributed by atoms with Crippen molar-refractivity contribution in [1.29, 1.82) is 0 Å². The molecule has 3 N–H and O–H groups in total. The lowest BCUT2D eigenvalue weighted by Gasteiger charge is -2.34. The van der Waals surface area contributed by atoms with E-state index >= 15 is 0 Å². The number of pyridine rings is 1. The van der Waals surface area contributed by atoms with Crippen LogP contribution in [-0.2, 0) is 12.8 Å². The number of hydrogen-bond acceptors (Lipinski definition) is 6. The summed E-state index contributed by atoms with van der Waals surface area (Å²) < 4.78 is 6.29. The van der Waals surface area contributed by atoms with Gasteiger partial charge >= 0.3 is 11.3 Å². The minimum Gasteiger partial charge on any atom is -0.397 e. The van der Waals surface area contributed by atoms with Crippen LogP contribution in [0, 0.1) is 11.3 Å². The van der Waals surface area contributed by atoms with E-state index < -0.39 is 11.4 Å². The number of aromatic amines is 1. The Morgan fingerprint density at radius 3 is 2.75 bits per heavy atom. The van der Waals surface area contributed by atoms with E-state index in [-0.39, 0.29) is 11.1 Å². The number of benzene rings is 1. The van der Waals surface area contributed by atoms with Gasteiger partial charge in [0.05, 0.1) is 5.69 Å². The van der Waals surface area contributed by atoms with Crippen molar-refractivity contribution in [2.24, 2.45) is 11.3 Å². The van der Waals surface area contributed by atoms with Gasteiger partial charge in [-0.05, 0) is 52.2 Å². The van der Waals surface area contributed by atoms with Gasteiger partial charge in [0.2, 0.25) is 5.69 Å². The molecular weight excluding hydrogens is 424 g/mol. The fourth-order valence-corrected chi connectivity index (χ4v) is 5.47. The number of nitrogens with one attached hydrogen (secondary N) is 1. The molecule has 0 saturated carbocycles. The fraction of sp³-hybridized carbons (Fsp3) is 0.333. The molecule has 0 amide bonds. The summed E-state index contributed by atoms with van der Waals surface area (Å²) in [5, 5.41) is 3.29. The molecular formula is C24H25N4O3S+. The van der Waals surface area contributed by atoms with E-state index in [0.29, 0.717) is 22.2 Å². The Balaban J connectivity index is 1.58. The molecule has 8 heteroatoms. The first-order valence-corrected chi connectivity index (χ1v) is 11.5. The van der Waals surface area contributed by atoms with Crippen molar-refractivity contribution in [1.82, 2.24) is 10.3 Å². The molecule has 0 spiro atoms. The van der Waals surface area contributed by atoms with E-state index in [2.05, 4.69) is 32.1 Å². The number of thiophene rings is 1. The summed E-state index contributed by atoms with van der Waals surface area (Å²) in [6.07, 6.45) is 2.97. The summed E-state index contributed by atoms with van der Waals surface area (Å²) in [6, 6.07) is 11.1. The quantitative estimate of drug-likeness (QED) is 0.365. The number of nitrogens with zero attached hydrogens (tertiary/aromatic N) is 2. The molecule has 1 aromatic carbocycles. The zero-order chi connectivity index (χ0) is 22.6. The van der Waals surface area contributed by atoms with Crippen molar-refractivity contribution in [3.05, 3.63) is 68.6 Å². The van der Waals surface area contributed by atoms with E-state index in [4.69, 9.17) is 15.2 Å². The van der Waals surface area contributed by atoms with Gasteiger partial charge in [0, 0.05) is 23.2 Å². The molecule has 0 aliphatic heterocycles. The maximum absolute atomic E-state index is 13.4. The summed E-state index contributed by atoms with van der Waals surface area (Å²) in [5.41, 5.74) is 9.06. The van der Waals surface area contributed by atoms with Gasteiger partial charge in [0.25, 0.3) is 5.78 Å². The molecule has 1 atom stereocenters. The zero-order valence-corrected chi connectivity index (χ0v) is 19.1. The van der Waals surface area contributed by atoms with Crippen LogP contribution < -0.4 is 16.0 Å². The molecule has 1 aliphatic carbocycles. The number of anilines is 1. The number of rotatable bonds is 3. The molecule has 0 bridgehead atoms. The van der Waals surface area contributed by atoms with Crippen molar-refractivity contribution in [3.8, 4) is 5.69 Å². The summed E-state index contributed by atoms with van der Waals surface area (Å²) in [6.45, 7) is 6.82. The maximum Gasteiger partial charge on any atom is 0.439 e. The van der Waals surface area contributed by atoms with Gasteiger partial charge in [0.15, 0.2) is 0 Å². The van der Waals surface area contributed by atoms with Crippen LogP contribution in [0.25, 0.3) is 15.9 Å². The SMILES string of the molecule is CC(C)(C)C1CCc2nc3sc(C(=O)c4c(=O)o[nH][n+]4-c4ccccc4)c(N)c3cc2C1. The Morgan fingerprint density at radius 2 is 2.03 bits per heavy atom. The predicted molar refractivity (Wildman–Crippen MR) is 123 cm³/mol. The third-order valence-corrected chi connectivity index (χ3v) is 7.51. The third kappa shape index (κ3) is 3.35. The van der Waals surface area contributed by atoms with Crippen molar-refractivity contribution in [2.75, 3.05) is 5.73 Å². The van der Waals surface area contributed by atoms with Crippen molar-refractivity contribution >= 4 is 33.0 Å². The van der Waals surface area contributed by atoms with Crippen LogP contribution >= 0.6 is 11.3 Å². The van der Waals surface area contributed by atoms with Gasteiger partial charge in [-0.25, -0.2) is 9.78 Å². The highest BCUT2D eigenvalue weighted by molar-refractivity contribution is 7.21. The molecule has 3 aromatic heterocycles. The van der Waals surface area contributed by atoms with Crippen LogP contribution in [0.5, 0.6) is 0 Å². The van der Waals surface area contributed by atoms with Gasteiger partial charge < -0.3 is 5.73 Å². The number of nitrogens with two attached hydrogens (primary N) is 1. The van der Waals surface area contributed by atoms with Crippen LogP contribution in [0.3, 0.4) is 0 Å². The highest BCUT2D eigenvalue weighted by atomic mass is 32.1. The van der Waals surface area contributed by atoms with E-state index in [1.807, 2.05) is 18.2 Å². The molecule has 32 heavy (non-hydrogen) atoms. The third-order valence-electron chi connectivity index (χ3n) is 6.39. The predicted octanol–water partition coefficient (Wildman–Crippen LogP) is 3.82. The van der Waals surface area contributed by atoms with E-state index in [9.17, 15) is 9.59 Å². The molecule has 0 radical (unpaired) electrons. The van der Waals surface area contributed by atoms with Gasteiger partial charge in [-0.1, -0.05) is 39.0 Å². The molecule has 0 fully saturated rings. The molecule has 0 saturated heterocycles. The highest BCUT2D eigenvalue weighted by Crippen LogP contribution is 2.40. The van der Waals surface area contributed by atoms with Crippen LogP contribution in [0.2, 0.25) is 0 Å². The molecule has 1 aliphatic rings. The minimum absolute atomic E-state index is 0.119. The first-order chi connectivity index (χ1) is 15.2. The average molecular weight is 450 g/mol. The van der Waals surface area contributed by atoms with E-state index in [0.717, 1.165) is 35.2 Å². The molecule has 3 heterocycles. The topological polar surface area (TPSA) is 106 Å². The maximum atomic E-state index is 13.4. The Hall–Kier alpha value is -3.26. The molecule has 4 aromatic rings. The van der Waals surface area contributed by atoms with Crippen molar-refractivity contribution in [2.45, 2.75) is 40.0 Å². The summed E-state index contributed by atoms with van der Waals surface area (Å²) >= 11 is 1.23. The summed E-state index contributed by atoms with van der Waals surface area (Å²) in [5.74, 6) is 0.0967. The smallest absolute Gasteiger partial charge is 0.397 e. The van der Waals surface area contributed by atoms with E-state index in [1.165, 1.54) is 21.6 Å². The normalized spacial score (nSPS) is 16.3.